The van der Waals surface area contributed by atoms with Crippen LogP contribution in [0.4, 0.5) is 8.78 Å². The third-order valence-corrected chi connectivity index (χ3v) is 4.82. The number of thioether (sulfide) groups is 1. The predicted octanol–water partition coefficient (Wildman–Crippen LogP) is 5.90. The molecule has 0 aliphatic carbocycles. The molecular formula is C17H12Cl2F2N2S. The Morgan fingerprint density at radius 3 is 1.96 bits per heavy atom. The van der Waals surface area contributed by atoms with E-state index in [1.165, 1.54) is 23.9 Å². The van der Waals surface area contributed by atoms with Crippen molar-refractivity contribution < 1.29 is 8.78 Å². The molecule has 1 aromatic heterocycles. The van der Waals surface area contributed by atoms with Gasteiger partial charge in [-0.15, -0.1) is 11.8 Å². The molecule has 0 fully saturated rings. The molecule has 0 saturated heterocycles. The van der Waals surface area contributed by atoms with Gasteiger partial charge in [0.15, 0.2) is 0 Å². The van der Waals surface area contributed by atoms with Crippen LogP contribution in [0.5, 0.6) is 0 Å². The minimum atomic E-state index is -0.499. The van der Waals surface area contributed by atoms with Crippen molar-refractivity contribution in [2.45, 2.75) is 10.9 Å². The van der Waals surface area contributed by atoms with E-state index in [9.17, 15) is 8.78 Å². The molecule has 24 heavy (non-hydrogen) atoms. The first-order valence-electron chi connectivity index (χ1n) is 6.98. The van der Waals surface area contributed by atoms with E-state index in [1.807, 2.05) is 6.26 Å². The van der Waals surface area contributed by atoms with E-state index in [-0.39, 0.29) is 16.0 Å². The quantitative estimate of drug-likeness (QED) is 0.567. The molecule has 2 nitrogen and oxygen atoms in total. The molecule has 7 heteroatoms. The van der Waals surface area contributed by atoms with Crippen molar-refractivity contribution >= 4 is 35.0 Å². The first-order chi connectivity index (χ1) is 11.5. The maximum Gasteiger partial charge on any atom is 0.141 e. The summed E-state index contributed by atoms with van der Waals surface area (Å²) in [7, 11) is 0. The highest BCUT2D eigenvalue weighted by Gasteiger charge is 2.22. The van der Waals surface area contributed by atoms with E-state index in [4.69, 9.17) is 23.2 Å². The Balaban J connectivity index is 2.15. The van der Waals surface area contributed by atoms with Crippen molar-refractivity contribution in [3.05, 3.63) is 81.2 Å². The molecule has 124 valence electrons. The van der Waals surface area contributed by atoms with Gasteiger partial charge in [0, 0.05) is 6.20 Å². The summed E-state index contributed by atoms with van der Waals surface area (Å²) in [5.41, 5.74) is 1.46. The Kier molecular flexibility index (Phi) is 5.13. The molecule has 1 N–H and O–H groups in total. The van der Waals surface area contributed by atoms with Crippen LogP contribution in [0.1, 0.15) is 22.9 Å². The van der Waals surface area contributed by atoms with Gasteiger partial charge >= 0.3 is 0 Å². The SMILES string of the molecule is CSc1c[nH]c(C(c2ccc(F)c(Cl)c2)c2ccc(F)c(Cl)c2)n1. The standard InChI is InChI=1S/C17H12Cl2F2N2S/c1-24-15-8-22-17(23-15)16(9-2-4-13(20)11(18)6-9)10-3-5-14(21)12(19)7-10/h2-8,16H,1H3,(H,22,23). The molecule has 2 aromatic carbocycles. The Bertz CT molecular complexity index is 831. The summed E-state index contributed by atoms with van der Waals surface area (Å²) in [6.45, 7) is 0. The summed E-state index contributed by atoms with van der Waals surface area (Å²) in [6.07, 6.45) is 3.70. The molecule has 0 atom stereocenters. The summed E-state index contributed by atoms with van der Waals surface area (Å²) in [5.74, 6) is -0.729. The minimum absolute atomic E-state index is 0.0161. The minimum Gasteiger partial charge on any atom is -0.347 e. The normalized spacial score (nSPS) is 11.2. The molecule has 0 bridgehead atoms. The zero-order valence-corrected chi connectivity index (χ0v) is 14.8. The van der Waals surface area contributed by atoms with Crippen LogP contribution < -0.4 is 0 Å². The maximum atomic E-state index is 13.5. The Morgan fingerprint density at radius 2 is 1.54 bits per heavy atom. The second kappa shape index (κ2) is 7.13. The van der Waals surface area contributed by atoms with Gasteiger partial charge in [0.25, 0.3) is 0 Å². The fourth-order valence-electron chi connectivity index (χ4n) is 2.46. The van der Waals surface area contributed by atoms with E-state index in [1.54, 1.807) is 30.5 Å². The lowest BCUT2D eigenvalue weighted by atomic mass is 9.90. The average molecular weight is 385 g/mol. The summed E-state index contributed by atoms with van der Waals surface area (Å²) in [5, 5.41) is 0.848. The first-order valence-corrected chi connectivity index (χ1v) is 8.97. The van der Waals surface area contributed by atoms with Crippen LogP contribution >= 0.6 is 35.0 Å². The van der Waals surface area contributed by atoms with E-state index in [0.29, 0.717) is 5.82 Å². The van der Waals surface area contributed by atoms with Crippen LogP contribution in [0.25, 0.3) is 0 Å². The Labute approximate surface area is 152 Å². The molecule has 0 spiro atoms. The number of rotatable bonds is 4. The van der Waals surface area contributed by atoms with Crippen molar-refractivity contribution in [1.29, 1.82) is 0 Å². The largest absolute Gasteiger partial charge is 0.347 e. The highest BCUT2D eigenvalue weighted by atomic mass is 35.5. The van der Waals surface area contributed by atoms with Crippen molar-refractivity contribution in [2.24, 2.45) is 0 Å². The smallest absolute Gasteiger partial charge is 0.141 e. The molecule has 1 heterocycles. The van der Waals surface area contributed by atoms with Gasteiger partial charge in [-0.3, -0.25) is 0 Å². The van der Waals surface area contributed by atoms with Gasteiger partial charge in [-0.1, -0.05) is 35.3 Å². The Hall–Kier alpha value is -1.56. The second-order valence-electron chi connectivity index (χ2n) is 5.11. The van der Waals surface area contributed by atoms with E-state index in [2.05, 4.69) is 9.97 Å². The summed E-state index contributed by atoms with van der Waals surface area (Å²) >= 11 is 13.3. The zero-order valence-electron chi connectivity index (χ0n) is 12.5. The molecule has 0 amide bonds. The number of imidazole rings is 1. The van der Waals surface area contributed by atoms with Crippen LogP contribution in [0.15, 0.2) is 47.6 Å². The lowest BCUT2D eigenvalue weighted by molar-refractivity contribution is 0.626. The maximum absolute atomic E-state index is 13.5. The van der Waals surface area contributed by atoms with Gasteiger partial charge in [0.2, 0.25) is 0 Å². The van der Waals surface area contributed by atoms with Crippen molar-refractivity contribution in [3.8, 4) is 0 Å². The average Bonchev–Trinajstić information content (AvgIpc) is 3.03. The van der Waals surface area contributed by atoms with E-state index in [0.717, 1.165) is 16.2 Å². The van der Waals surface area contributed by atoms with Crippen molar-refractivity contribution in [1.82, 2.24) is 9.97 Å². The fourth-order valence-corrected chi connectivity index (χ4v) is 3.21. The number of hydrogen-bond acceptors (Lipinski definition) is 2. The lowest BCUT2D eigenvalue weighted by Gasteiger charge is -2.17. The molecule has 0 radical (unpaired) electrons. The number of benzene rings is 2. The van der Waals surface area contributed by atoms with Gasteiger partial charge in [0.1, 0.15) is 22.5 Å². The number of hydrogen-bond donors (Lipinski definition) is 1. The fraction of sp³-hybridized carbons (Fsp3) is 0.118. The van der Waals surface area contributed by atoms with Gasteiger partial charge in [-0.2, -0.15) is 0 Å². The number of nitrogens with zero attached hydrogens (tertiary/aromatic N) is 1. The topological polar surface area (TPSA) is 28.7 Å². The number of H-pyrrole nitrogens is 1. The summed E-state index contributed by atoms with van der Waals surface area (Å²) in [6, 6.07) is 8.94. The van der Waals surface area contributed by atoms with E-state index >= 15 is 0 Å². The second-order valence-corrected chi connectivity index (χ2v) is 6.75. The number of halogens is 4. The molecule has 0 aliphatic heterocycles. The van der Waals surface area contributed by atoms with Crippen LogP contribution in [0, 0.1) is 11.6 Å². The molecule has 3 aromatic rings. The molecule has 0 unspecified atom stereocenters. The highest BCUT2D eigenvalue weighted by molar-refractivity contribution is 7.98. The Morgan fingerprint density at radius 1 is 1.00 bits per heavy atom. The van der Waals surface area contributed by atoms with Crippen LogP contribution in [-0.4, -0.2) is 16.2 Å². The monoisotopic (exact) mass is 384 g/mol. The van der Waals surface area contributed by atoms with Crippen molar-refractivity contribution in [2.75, 3.05) is 6.26 Å². The molecule has 0 saturated carbocycles. The number of aromatic nitrogens is 2. The first kappa shape index (κ1) is 17.3. The van der Waals surface area contributed by atoms with Crippen molar-refractivity contribution in [3.63, 3.8) is 0 Å². The molecule has 0 aliphatic rings. The third-order valence-electron chi connectivity index (χ3n) is 3.61. The third kappa shape index (κ3) is 3.43. The number of nitrogens with one attached hydrogen (secondary N) is 1. The van der Waals surface area contributed by atoms with E-state index < -0.39 is 11.6 Å². The van der Waals surface area contributed by atoms with Gasteiger partial charge in [0.05, 0.1) is 16.0 Å². The van der Waals surface area contributed by atoms with Gasteiger partial charge in [-0.05, 0) is 41.6 Å². The zero-order chi connectivity index (χ0) is 17.3. The van der Waals surface area contributed by atoms with Crippen LogP contribution in [0.3, 0.4) is 0 Å². The van der Waals surface area contributed by atoms with Gasteiger partial charge < -0.3 is 4.98 Å². The van der Waals surface area contributed by atoms with Gasteiger partial charge in [-0.25, -0.2) is 13.8 Å². The predicted molar refractivity (Wildman–Crippen MR) is 94.1 cm³/mol. The lowest BCUT2D eigenvalue weighted by Crippen LogP contribution is -2.06. The molecular weight excluding hydrogens is 373 g/mol. The van der Waals surface area contributed by atoms with Crippen LogP contribution in [-0.2, 0) is 0 Å². The highest BCUT2D eigenvalue weighted by Crippen LogP contribution is 2.34. The molecule has 3 rings (SSSR count). The summed E-state index contributed by atoms with van der Waals surface area (Å²) in [4.78, 5) is 7.64. The summed E-state index contributed by atoms with van der Waals surface area (Å²) < 4.78 is 27.0. The number of aromatic amines is 1. The van der Waals surface area contributed by atoms with Crippen LogP contribution in [0.2, 0.25) is 10.0 Å².